The van der Waals surface area contributed by atoms with Crippen molar-refractivity contribution in [2.24, 2.45) is 0 Å². The van der Waals surface area contributed by atoms with E-state index in [9.17, 15) is 4.79 Å². The van der Waals surface area contributed by atoms with Crippen LogP contribution in [-0.2, 0) is 0 Å². The molecule has 3 heterocycles. The number of nitrogens with zero attached hydrogens (tertiary/aromatic N) is 4. The van der Waals surface area contributed by atoms with E-state index >= 15 is 0 Å². The molecular weight excluding hydrogens is 402 g/mol. The average molecular weight is 434 g/mol. The van der Waals surface area contributed by atoms with Crippen LogP contribution in [0.1, 0.15) is 49.4 Å². The monoisotopic (exact) mass is 433 g/mol. The maximum atomic E-state index is 12.8. The molecule has 2 aliphatic rings. The molecule has 1 unspecified atom stereocenters. The fourth-order valence-corrected chi connectivity index (χ4v) is 4.34. The molecule has 0 spiro atoms. The summed E-state index contributed by atoms with van der Waals surface area (Å²) in [5.41, 5.74) is 2.26. The normalized spacial score (nSPS) is 17.9. The predicted octanol–water partition coefficient (Wildman–Crippen LogP) is 2.94. The van der Waals surface area contributed by atoms with E-state index in [-0.39, 0.29) is 5.91 Å². The van der Waals surface area contributed by atoms with Crippen molar-refractivity contribution < 1.29 is 4.79 Å². The smallest absolute Gasteiger partial charge is 0.256 e. The molecule has 2 aromatic rings. The Hall–Kier alpha value is -3.18. The van der Waals surface area contributed by atoms with Crippen molar-refractivity contribution in [3.8, 4) is 17.3 Å². The molecule has 2 fully saturated rings. The second kappa shape index (κ2) is 10.4. The summed E-state index contributed by atoms with van der Waals surface area (Å²) in [6.45, 7) is 4.89. The van der Waals surface area contributed by atoms with Gasteiger partial charge in [0.05, 0.1) is 17.3 Å². The molecular formula is C24H31N7O. The first kappa shape index (κ1) is 22.0. The zero-order valence-electron chi connectivity index (χ0n) is 18.6. The Balaban J connectivity index is 1.62. The number of carbonyl (C=O) groups excluding carboxylic acids is 1. The van der Waals surface area contributed by atoms with Gasteiger partial charge in [0.15, 0.2) is 0 Å². The molecule has 32 heavy (non-hydrogen) atoms. The third kappa shape index (κ3) is 5.35. The van der Waals surface area contributed by atoms with E-state index in [1.54, 1.807) is 6.92 Å². The van der Waals surface area contributed by atoms with Gasteiger partial charge in [-0.1, -0.05) is 19.3 Å². The first-order valence-electron chi connectivity index (χ1n) is 11.5. The predicted molar refractivity (Wildman–Crippen MR) is 126 cm³/mol. The number of amides is 1. The SMILES string of the molecule is CC(C#N)NC(=O)c1ccc(-c2ccnc(NC3CCCCC3)c2)nc1N1CCNCC1. The Morgan fingerprint density at radius 2 is 2.00 bits per heavy atom. The molecule has 2 aromatic heterocycles. The van der Waals surface area contributed by atoms with Crippen molar-refractivity contribution in [2.45, 2.75) is 51.1 Å². The molecule has 1 aliphatic heterocycles. The van der Waals surface area contributed by atoms with Gasteiger partial charge in [0.1, 0.15) is 17.7 Å². The topological polar surface area (TPSA) is 106 Å². The molecule has 1 atom stereocenters. The van der Waals surface area contributed by atoms with Crippen molar-refractivity contribution in [2.75, 3.05) is 36.4 Å². The van der Waals surface area contributed by atoms with Crippen LogP contribution in [-0.4, -0.2) is 54.1 Å². The molecule has 0 radical (unpaired) electrons. The van der Waals surface area contributed by atoms with Gasteiger partial charge in [0, 0.05) is 44.0 Å². The highest BCUT2D eigenvalue weighted by Crippen LogP contribution is 2.27. The molecule has 1 aliphatic carbocycles. The van der Waals surface area contributed by atoms with Crippen molar-refractivity contribution >= 4 is 17.5 Å². The standard InChI is InChI=1S/C24H31N7O/c1-17(16-25)28-24(32)20-7-8-21(30-23(20)31-13-11-26-12-14-31)18-9-10-27-22(15-18)29-19-5-3-2-4-6-19/h7-10,15,17,19,26H,2-6,11-14H2,1H3,(H,27,29)(H,28,32). The first-order valence-corrected chi connectivity index (χ1v) is 11.5. The molecule has 0 aromatic carbocycles. The minimum Gasteiger partial charge on any atom is -0.367 e. The lowest BCUT2D eigenvalue weighted by atomic mass is 9.95. The highest BCUT2D eigenvalue weighted by Gasteiger charge is 2.22. The number of hydrogen-bond donors (Lipinski definition) is 3. The van der Waals surface area contributed by atoms with Gasteiger partial charge in [-0.05, 0) is 44.0 Å². The summed E-state index contributed by atoms with van der Waals surface area (Å²) in [4.78, 5) is 24.4. The van der Waals surface area contributed by atoms with E-state index in [1.165, 1.54) is 32.1 Å². The third-order valence-electron chi connectivity index (χ3n) is 6.09. The number of piperazine rings is 1. The molecule has 168 valence electrons. The van der Waals surface area contributed by atoms with Crippen molar-refractivity contribution in [3.63, 3.8) is 0 Å². The maximum absolute atomic E-state index is 12.8. The van der Waals surface area contributed by atoms with Crippen LogP contribution in [0.25, 0.3) is 11.3 Å². The van der Waals surface area contributed by atoms with Crippen LogP contribution < -0.4 is 20.9 Å². The Labute approximate surface area is 189 Å². The minimum atomic E-state index is -0.563. The Morgan fingerprint density at radius 1 is 1.22 bits per heavy atom. The molecule has 3 N–H and O–H groups in total. The molecule has 8 nitrogen and oxygen atoms in total. The summed E-state index contributed by atoms with van der Waals surface area (Å²) in [5.74, 6) is 1.25. The van der Waals surface area contributed by atoms with Gasteiger partial charge in [0.25, 0.3) is 5.91 Å². The van der Waals surface area contributed by atoms with Gasteiger partial charge in [-0.15, -0.1) is 0 Å². The highest BCUT2D eigenvalue weighted by atomic mass is 16.1. The van der Waals surface area contributed by atoms with Gasteiger partial charge in [-0.25, -0.2) is 9.97 Å². The molecule has 4 rings (SSSR count). The number of anilines is 2. The zero-order chi connectivity index (χ0) is 22.3. The fourth-order valence-electron chi connectivity index (χ4n) is 4.34. The molecule has 1 amide bonds. The second-order valence-electron chi connectivity index (χ2n) is 8.54. The van der Waals surface area contributed by atoms with E-state index in [1.807, 2.05) is 30.5 Å². The lowest BCUT2D eigenvalue weighted by Gasteiger charge is -2.30. The van der Waals surface area contributed by atoms with Gasteiger partial charge in [-0.3, -0.25) is 4.79 Å². The van der Waals surface area contributed by atoms with Crippen molar-refractivity contribution in [1.82, 2.24) is 20.6 Å². The molecule has 1 saturated heterocycles. The van der Waals surface area contributed by atoms with E-state index < -0.39 is 6.04 Å². The van der Waals surface area contributed by atoms with Crippen LogP contribution in [0.3, 0.4) is 0 Å². The van der Waals surface area contributed by atoms with Crippen LogP contribution in [0.2, 0.25) is 0 Å². The average Bonchev–Trinajstić information content (AvgIpc) is 2.85. The maximum Gasteiger partial charge on any atom is 0.256 e. The van der Waals surface area contributed by atoms with Gasteiger partial charge in [0.2, 0.25) is 0 Å². The van der Waals surface area contributed by atoms with Gasteiger partial charge >= 0.3 is 0 Å². The van der Waals surface area contributed by atoms with Gasteiger partial charge < -0.3 is 20.9 Å². The summed E-state index contributed by atoms with van der Waals surface area (Å²) in [7, 11) is 0. The summed E-state index contributed by atoms with van der Waals surface area (Å²) in [5, 5.41) is 18.7. The van der Waals surface area contributed by atoms with Crippen LogP contribution in [0.4, 0.5) is 11.6 Å². The third-order valence-corrected chi connectivity index (χ3v) is 6.09. The van der Waals surface area contributed by atoms with Crippen LogP contribution in [0.5, 0.6) is 0 Å². The Morgan fingerprint density at radius 3 is 2.75 bits per heavy atom. The van der Waals surface area contributed by atoms with E-state index in [2.05, 4.69) is 31.9 Å². The number of nitrogens with one attached hydrogen (secondary N) is 3. The van der Waals surface area contributed by atoms with Crippen LogP contribution >= 0.6 is 0 Å². The van der Waals surface area contributed by atoms with E-state index in [0.717, 1.165) is 43.3 Å². The summed E-state index contributed by atoms with van der Waals surface area (Å²) >= 11 is 0. The molecule has 8 heteroatoms. The summed E-state index contributed by atoms with van der Waals surface area (Å²) < 4.78 is 0. The second-order valence-corrected chi connectivity index (χ2v) is 8.54. The number of rotatable bonds is 6. The highest BCUT2D eigenvalue weighted by molar-refractivity contribution is 5.99. The largest absolute Gasteiger partial charge is 0.367 e. The van der Waals surface area contributed by atoms with Crippen molar-refractivity contribution in [1.29, 1.82) is 5.26 Å². The van der Waals surface area contributed by atoms with E-state index in [4.69, 9.17) is 10.2 Å². The zero-order valence-corrected chi connectivity index (χ0v) is 18.6. The Bertz CT molecular complexity index is 975. The number of carbonyl (C=O) groups is 1. The molecule has 0 bridgehead atoms. The van der Waals surface area contributed by atoms with E-state index in [0.29, 0.717) is 17.4 Å². The lowest BCUT2D eigenvalue weighted by molar-refractivity contribution is 0.0948. The summed E-state index contributed by atoms with van der Waals surface area (Å²) in [6.07, 6.45) is 8.02. The van der Waals surface area contributed by atoms with Crippen molar-refractivity contribution in [3.05, 3.63) is 36.0 Å². The van der Waals surface area contributed by atoms with Crippen LogP contribution in [0, 0.1) is 11.3 Å². The number of aromatic nitrogens is 2. The lowest BCUT2D eigenvalue weighted by Crippen LogP contribution is -2.45. The quantitative estimate of drug-likeness (QED) is 0.643. The first-order chi connectivity index (χ1) is 15.6. The number of nitriles is 1. The minimum absolute atomic E-state index is 0.277. The fraction of sp³-hybridized carbons (Fsp3) is 0.500. The number of pyridine rings is 2. The van der Waals surface area contributed by atoms with Crippen LogP contribution in [0.15, 0.2) is 30.5 Å². The summed E-state index contributed by atoms with van der Waals surface area (Å²) in [6, 6.07) is 9.64. The Kier molecular flexibility index (Phi) is 7.17. The molecule has 1 saturated carbocycles. The number of hydrogen-bond acceptors (Lipinski definition) is 7. The van der Waals surface area contributed by atoms with Gasteiger partial charge in [-0.2, -0.15) is 5.26 Å².